The second-order valence-electron chi connectivity index (χ2n) is 5.45. The van der Waals surface area contributed by atoms with Gasteiger partial charge in [-0.25, -0.2) is 0 Å². The molecule has 3 heteroatoms. The third kappa shape index (κ3) is 4.30. The summed E-state index contributed by atoms with van der Waals surface area (Å²) in [5, 5.41) is 0. The Balaban J connectivity index is 1.83. The van der Waals surface area contributed by atoms with E-state index in [2.05, 4.69) is 0 Å². The van der Waals surface area contributed by atoms with Crippen molar-refractivity contribution in [1.29, 1.82) is 0 Å². The SMILES string of the molecule is C[C@H]1CC(OC2CCCC2)CCCCC(=O)O1. The second-order valence-corrected chi connectivity index (χ2v) is 5.45. The first-order chi connectivity index (χ1) is 8.24. The minimum Gasteiger partial charge on any atom is -0.463 e. The molecule has 0 spiro atoms. The Hall–Kier alpha value is -0.570. The van der Waals surface area contributed by atoms with Crippen molar-refractivity contribution in [3.05, 3.63) is 0 Å². The molecule has 98 valence electrons. The van der Waals surface area contributed by atoms with Crippen molar-refractivity contribution in [2.45, 2.75) is 83.0 Å². The number of cyclic esters (lactones) is 1. The minimum absolute atomic E-state index is 0.00648. The molecule has 3 nitrogen and oxygen atoms in total. The molecule has 1 saturated heterocycles. The van der Waals surface area contributed by atoms with Crippen molar-refractivity contribution in [2.75, 3.05) is 0 Å². The molecule has 2 aliphatic rings. The zero-order valence-electron chi connectivity index (χ0n) is 10.8. The fourth-order valence-electron chi connectivity index (χ4n) is 2.88. The van der Waals surface area contributed by atoms with Crippen molar-refractivity contribution in [1.82, 2.24) is 0 Å². The van der Waals surface area contributed by atoms with Crippen LogP contribution < -0.4 is 0 Å². The van der Waals surface area contributed by atoms with Crippen LogP contribution in [-0.2, 0) is 14.3 Å². The topological polar surface area (TPSA) is 35.5 Å². The van der Waals surface area contributed by atoms with Gasteiger partial charge in [0.25, 0.3) is 0 Å². The molecule has 0 N–H and O–H groups in total. The van der Waals surface area contributed by atoms with Gasteiger partial charge in [-0.1, -0.05) is 19.3 Å². The first-order valence-electron chi connectivity index (χ1n) is 7.09. The average molecular weight is 240 g/mol. The normalized spacial score (nSPS) is 32.6. The molecule has 1 aliphatic heterocycles. The molecular weight excluding hydrogens is 216 g/mol. The number of esters is 1. The van der Waals surface area contributed by atoms with Gasteiger partial charge in [0, 0.05) is 12.8 Å². The summed E-state index contributed by atoms with van der Waals surface area (Å²) in [5.41, 5.74) is 0. The van der Waals surface area contributed by atoms with Gasteiger partial charge < -0.3 is 9.47 Å². The Morgan fingerprint density at radius 3 is 2.47 bits per heavy atom. The van der Waals surface area contributed by atoms with E-state index in [1.807, 2.05) is 6.92 Å². The predicted molar refractivity (Wildman–Crippen MR) is 65.8 cm³/mol. The molecule has 1 aliphatic carbocycles. The van der Waals surface area contributed by atoms with Crippen LogP contribution in [0.3, 0.4) is 0 Å². The van der Waals surface area contributed by atoms with E-state index in [1.54, 1.807) is 0 Å². The molecule has 1 saturated carbocycles. The van der Waals surface area contributed by atoms with Crippen LogP contribution in [0.25, 0.3) is 0 Å². The van der Waals surface area contributed by atoms with Gasteiger partial charge in [0.2, 0.25) is 0 Å². The maximum absolute atomic E-state index is 11.4. The zero-order chi connectivity index (χ0) is 12.1. The molecule has 2 atom stereocenters. The van der Waals surface area contributed by atoms with E-state index in [1.165, 1.54) is 25.7 Å². The van der Waals surface area contributed by atoms with Crippen LogP contribution in [0.5, 0.6) is 0 Å². The first-order valence-corrected chi connectivity index (χ1v) is 7.09. The summed E-state index contributed by atoms with van der Waals surface area (Å²) in [7, 11) is 0. The van der Waals surface area contributed by atoms with Crippen LogP contribution >= 0.6 is 0 Å². The predicted octanol–water partition coefficient (Wildman–Crippen LogP) is 3.21. The lowest BCUT2D eigenvalue weighted by atomic mass is 10.1. The molecule has 1 heterocycles. The van der Waals surface area contributed by atoms with E-state index in [0.717, 1.165) is 25.7 Å². The van der Waals surface area contributed by atoms with Crippen LogP contribution in [-0.4, -0.2) is 24.3 Å². The van der Waals surface area contributed by atoms with Gasteiger partial charge in [-0.2, -0.15) is 0 Å². The molecule has 0 bridgehead atoms. The monoisotopic (exact) mass is 240 g/mol. The molecule has 0 radical (unpaired) electrons. The third-order valence-electron chi connectivity index (χ3n) is 3.77. The summed E-state index contributed by atoms with van der Waals surface area (Å²) < 4.78 is 11.5. The first kappa shape index (κ1) is 12.9. The smallest absolute Gasteiger partial charge is 0.306 e. The number of hydrogen-bond acceptors (Lipinski definition) is 3. The summed E-state index contributed by atoms with van der Waals surface area (Å²) in [5.74, 6) is -0.0426. The molecule has 0 aromatic carbocycles. The highest BCUT2D eigenvalue weighted by molar-refractivity contribution is 5.69. The molecule has 0 amide bonds. The Kier molecular flexibility index (Phi) is 4.84. The Labute approximate surface area is 104 Å². The van der Waals surface area contributed by atoms with Crippen molar-refractivity contribution in [3.8, 4) is 0 Å². The number of rotatable bonds is 2. The van der Waals surface area contributed by atoms with Gasteiger partial charge in [-0.3, -0.25) is 4.79 Å². The standard InChI is InChI=1S/C14H24O3/c1-11-10-13(17-12-6-2-3-7-12)8-4-5-9-14(15)16-11/h11-13H,2-10H2,1H3/t11-,13?/m0/s1. The van der Waals surface area contributed by atoms with Gasteiger partial charge >= 0.3 is 5.97 Å². The number of ether oxygens (including phenoxy) is 2. The maximum atomic E-state index is 11.4. The van der Waals surface area contributed by atoms with Gasteiger partial charge in [0.1, 0.15) is 6.10 Å². The quantitative estimate of drug-likeness (QED) is 0.695. The highest BCUT2D eigenvalue weighted by atomic mass is 16.5. The summed E-state index contributed by atoms with van der Waals surface area (Å²) in [4.78, 5) is 11.4. The van der Waals surface area contributed by atoms with Gasteiger partial charge in [0.05, 0.1) is 12.2 Å². The molecule has 0 aromatic heterocycles. The fourth-order valence-corrected chi connectivity index (χ4v) is 2.88. The Bertz CT molecular complexity index is 246. The summed E-state index contributed by atoms with van der Waals surface area (Å²) in [6.45, 7) is 1.98. The minimum atomic E-state index is -0.0426. The Morgan fingerprint density at radius 2 is 1.71 bits per heavy atom. The van der Waals surface area contributed by atoms with Crippen LogP contribution in [0.4, 0.5) is 0 Å². The summed E-state index contributed by atoms with van der Waals surface area (Å²) in [6.07, 6.45) is 10.3. The maximum Gasteiger partial charge on any atom is 0.306 e. The van der Waals surface area contributed by atoms with Crippen molar-refractivity contribution in [3.63, 3.8) is 0 Å². The highest BCUT2D eigenvalue weighted by Crippen LogP contribution is 2.26. The van der Waals surface area contributed by atoms with Crippen molar-refractivity contribution >= 4 is 5.97 Å². The lowest BCUT2D eigenvalue weighted by Crippen LogP contribution is -2.25. The van der Waals surface area contributed by atoms with Crippen LogP contribution in [0, 0.1) is 0 Å². The average Bonchev–Trinajstić information content (AvgIpc) is 2.77. The van der Waals surface area contributed by atoms with E-state index in [9.17, 15) is 4.79 Å². The fraction of sp³-hybridized carbons (Fsp3) is 0.929. The molecule has 2 fully saturated rings. The lowest BCUT2D eigenvalue weighted by Gasteiger charge is -2.23. The van der Waals surface area contributed by atoms with Gasteiger partial charge in [-0.05, 0) is 32.6 Å². The number of carbonyl (C=O) groups excluding carboxylic acids is 1. The van der Waals surface area contributed by atoms with E-state index >= 15 is 0 Å². The van der Waals surface area contributed by atoms with Crippen LogP contribution in [0.2, 0.25) is 0 Å². The van der Waals surface area contributed by atoms with E-state index in [4.69, 9.17) is 9.47 Å². The highest BCUT2D eigenvalue weighted by Gasteiger charge is 2.24. The van der Waals surface area contributed by atoms with Crippen molar-refractivity contribution < 1.29 is 14.3 Å². The largest absolute Gasteiger partial charge is 0.463 e. The van der Waals surface area contributed by atoms with Crippen LogP contribution in [0.1, 0.15) is 64.7 Å². The van der Waals surface area contributed by atoms with E-state index in [0.29, 0.717) is 18.6 Å². The summed E-state index contributed by atoms with van der Waals surface area (Å²) in [6, 6.07) is 0. The van der Waals surface area contributed by atoms with E-state index < -0.39 is 0 Å². The number of carbonyl (C=O) groups is 1. The molecule has 0 aromatic rings. The molecule has 2 rings (SSSR count). The molecular formula is C14H24O3. The third-order valence-corrected chi connectivity index (χ3v) is 3.77. The van der Waals surface area contributed by atoms with Gasteiger partial charge in [-0.15, -0.1) is 0 Å². The molecule has 1 unspecified atom stereocenters. The lowest BCUT2D eigenvalue weighted by molar-refractivity contribution is -0.149. The second kappa shape index (κ2) is 6.39. The van der Waals surface area contributed by atoms with Crippen molar-refractivity contribution in [2.24, 2.45) is 0 Å². The molecule has 17 heavy (non-hydrogen) atoms. The zero-order valence-corrected chi connectivity index (χ0v) is 10.8. The van der Waals surface area contributed by atoms with Crippen LogP contribution in [0.15, 0.2) is 0 Å². The summed E-state index contributed by atoms with van der Waals surface area (Å²) >= 11 is 0. The Morgan fingerprint density at radius 1 is 1.06 bits per heavy atom. The van der Waals surface area contributed by atoms with E-state index in [-0.39, 0.29) is 12.1 Å². The van der Waals surface area contributed by atoms with Gasteiger partial charge in [0.15, 0.2) is 0 Å². The number of hydrogen-bond donors (Lipinski definition) is 0.